The predicted octanol–water partition coefficient (Wildman–Crippen LogP) is 3.28. The molecule has 0 aliphatic heterocycles. The number of methoxy groups -OCH3 is 1. The number of carbonyl (C=O) groups is 1. The molecule has 0 N–H and O–H groups in total. The summed E-state index contributed by atoms with van der Waals surface area (Å²) in [6.07, 6.45) is 3.17. The molecule has 0 aliphatic rings. The van der Waals surface area contributed by atoms with E-state index in [0.29, 0.717) is 5.65 Å². The average Bonchev–Trinajstić information content (AvgIpc) is 3.09. The SMILES string of the molecule is COC(=O)Cn1ncc2c(N(C)C(C)C(C)c3ccc(Cl)cc3)ncnc21. The average molecular weight is 388 g/mol. The zero-order chi connectivity index (χ0) is 19.6. The van der Waals surface area contributed by atoms with Crippen molar-refractivity contribution >= 4 is 34.4 Å². The number of halogens is 1. The van der Waals surface area contributed by atoms with Crippen LogP contribution in [0.4, 0.5) is 5.82 Å². The van der Waals surface area contributed by atoms with Crippen LogP contribution >= 0.6 is 11.6 Å². The van der Waals surface area contributed by atoms with Crippen LogP contribution in [-0.2, 0) is 16.1 Å². The molecule has 0 radical (unpaired) electrons. The summed E-state index contributed by atoms with van der Waals surface area (Å²) < 4.78 is 6.24. The Hall–Kier alpha value is -2.67. The fourth-order valence-electron chi connectivity index (χ4n) is 3.04. The minimum atomic E-state index is -0.377. The van der Waals surface area contributed by atoms with Gasteiger partial charge in [0.05, 0.1) is 18.7 Å². The van der Waals surface area contributed by atoms with E-state index in [1.807, 2.05) is 31.3 Å². The van der Waals surface area contributed by atoms with Crippen molar-refractivity contribution in [2.75, 3.05) is 19.1 Å². The Morgan fingerprint density at radius 2 is 1.96 bits per heavy atom. The highest BCUT2D eigenvalue weighted by atomic mass is 35.5. The van der Waals surface area contributed by atoms with Gasteiger partial charge in [0.1, 0.15) is 18.7 Å². The second kappa shape index (κ2) is 7.92. The molecule has 3 rings (SSSR count). The number of hydrogen-bond acceptors (Lipinski definition) is 6. The largest absolute Gasteiger partial charge is 0.468 e. The van der Waals surface area contributed by atoms with Gasteiger partial charge in [-0.15, -0.1) is 0 Å². The van der Waals surface area contributed by atoms with Crippen molar-refractivity contribution < 1.29 is 9.53 Å². The number of nitrogens with zero attached hydrogens (tertiary/aromatic N) is 5. The van der Waals surface area contributed by atoms with Gasteiger partial charge in [-0.3, -0.25) is 4.79 Å². The van der Waals surface area contributed by atoms with E-state index >= 15 is 0 Å². The molecule has 0 saturated carbocycles. The Kier molecular flexibility index (Phi) is 5.60. The lowest BCUT2D eigenvalue weighted by atomic mass is 9.93. The van der Waals surface area contributed by atoms with Crippen molar-refractivity contribution in [3.8, 4) is 0 Å². The van der Waals surface area contributed by atoms with Gasteiger partial charge in [0.15, 0.2) is 5.65 Å². The van der Waals surface area contributed by atoms with Crippen molar-refractivity contribution in [1.29, 1.82) is 0 Å². The molecule has 0 amide bonds. The first kappa shape index (κ1) is 19.1. The molecule has 3 aromatic rings. The van der Waals surface area contributed by atoms with Gasteiger partial charge in [-0.2, -0.15) is 5.10 Å². The van der Waals surface area contributed by atoms with Crippen molar-refractivity contribution in [2.24, 2.45) is 0 Å². The Morgan fingerprint density at radius 1 is 1.26 bits per heavy atom. The van der Waals surface area contributed by atoms with Gasteiger partial charge >= 0.3 is 5.97 Å². The topological polar surface area (TPSA) is 73.1 Å². The van der Waals surface area contributed by atoms with E-state index in [-0.39, 0.29) is 24.5 Å². The number of likely N-dealkylation sites (N-methyl/N-ethyl adjacent to an activating group) is 1. The number of aromatic nitrogens is 4. The van der Waals surface area contributed by atoms with Crippen LogP contribution in [0.25, 0.3) is 11.0 Å². The lowest BCUT2D eigenvalue weighted by Gasteiger charge is -2.31. The number of anilines is 1. The van der Waals surface area contributed by atoms with E-state index in [2.05, 4.69) is 33.8 Å². The third-order valence-electron chi connectivity index (χ3n) is 4.98. The maximum absolute atomic E-state index is 11.6. The lowest BCUT2D eigenvalue weighted by molar-refractivity contribution is -0.141. The van der Waals surface area contributed by atoms with Gasteiger partial charge in [0.2, 0.25) is 0 Å². The zero-order valence-corrected chi connectivity index (χ0v) is 16.5. The first-order chi connectivity index (χ1) is 12.9. The van der Waals surface area contributed by atoms with Crippen LogP contribution in [0.3, 0.4) is 0 Å². The highest BCUT2D eigenvalue weighted by Crippen LogP contribution is 2.29. The monoisotopic (exact) mass is 387 g/mol. The third-order valence-corrected chi connectivity index (χ3v) is 5.24. The molecule has 7 nitrogen and oxygen atoms in total. The standard InChI is InChI=1S/C19H22ClN5O2/c1-12(14-5-7-15(20)8-6-14)13(2)24(3)18-16-9-23-25(10-17(26)27-4)19(16)22-11-21-18/h5-9,11-13H,10H2,1-4H3. The number of ether oxygens (including phenoxy) is 1. The summed E-state index contributed by atoms with van der Waals surface area (Å²) in [5, 5.41) is 5.79. The molecule has 0 bridgehead atoms. The molecular weight excluding hydrogens is 366 g/mol. The Labute approximate surface area is 162 Å². The highest BCUT2D eigenvalue weighted by Gasteiger charge is 2.23. The summed E-state index contributed by atoms with van der Waals surface area (Å²) in [6, 6.07) is 8.05. The van der Waals surface area contributed by atoms with Crippen LogP contribution in [0.2, 0.25) is 5.02 Å². The van der Waals surface area contributed by atoms with E-state index in [4.69, 9.17) is 16.3 Å². The van der Waals surface area contributed by atoms with E-state index in [0.717, 1.165) is 16.2 Å². The van der Waals surface area contributed by atoms with Crippen molar-refractivity contribution in [1.82, 2.24) is 19.7 Å². The molecule has 2 aromatic heterocycles. The van der Waals surface area contributed by atoms with Crippen LogP contribution < -0.4 is 4.90 Å². The van der Waals surface area contributed by atoms with Crippen molar-refractivity contribution in [3.05, 3.63) is 47.4 Å². The van der Waals surface area contributed by atoms with Gasteiger partial charge in [0, 0.05) is 24.0 Å². The third kappa shape index (κ3) is 3.88. The first-order valence-corrected chi connectivity index (χ1v) is 9.01. The fraction of sp³-hybridized carbons (Fsp3) is 0.368. The predicted molar refractivity (Wildman–Crippen MR) is 105 cm³/mol. The molecule has 0 saturated heterocycles. The van der Waals surface area contributed by atoms with Crippen LogP contribution in [0.15, 0.2) is 36.8 Å². The van der Waals surface area contributed by atoms with Crippen LogP contribution in [0.1, 0.15) is 25.3 Å². The molecule has 8 heteroatoms. The summed E-state index contributed by atoms with van der Waals surface area (Å²) in [5.74, 6) is 0.644. The van der Waals surface area contributed by atoms with E-state index in [9.17, 15) is 4.79 Å². The normalized spacial score (nSPS) is 13.4. The summed E-state index contributed by atoms with van der Waals surface area (Å²) in [6.45, 7) is 4.33. The molecular formula is C19H22ClN5O2. The summed E-state index contributed by atoms with van der Waals surface area (Å²) in [4.78, 5) is 22.4. The van der Waals surface area contributed by atoms with Gasteiger partial charge in [-0.05, 0) is 24.6 Å². The number of hydrogen-bond donors (Lipinski definition) is 0. The van der Waals surface area contributed by atoms with Gasteiger partial charge in [0.25, 0.3) is 0 Å². The number of rotatable bonds is 6. The van der Waals surface area contributed by atoms with Crippen LogP contribution in [0, 0.1) is 0 Å². The lowest BCUT2D eigenvalue weighted by Crippen LogP contribution is -2.34. The molecule has 2 heterocycles. The number of esters is 1. The molecule has 0 fully saturated rings. The smallest absolute Gasteiger partial charge is 0.327 e. The number of benzene rings is 1. The molecule has 1 aromatic carbocycles. The Morgan fingerprint density at radius 3 is 2.63 bits per heavy atom. The second-order valence-electron chi connectivity index (χ2n) is 6.50. The van der Waals surface area contributed by atoms with Gasteiger partial charge in [-0.1, -0.05) is 30.7 Å². The number of carbonyl (C=O) groups excluding carboxylic acids is 1. The second-order valence-corrected chi connectivity index (χ2v) is 6.94. The van der Waals surface area contributed by atoms with Crippen molar-refractivity contribution in [2.45, 2.75) is 32.4 Å². The summed E-state index contributed by atoms with van der Waals surface area (Å²) >= 11 is 6.00. The minimum Gasteiger partial charge on any atom is -0.468 e. The fourth-order valence-corrected chi connectivity index (χ4v) is 3.16. The van der Waals surface area contributed by atoms with E-state index in [1.54, 1.807) is 6.20 Å². The quantitative estimate of drug-likeness (QED) is 0.604. The van der Waals surface area contributed by atoms with Gasteiger partial charge < -0.3 is 9.64 Å². The first-order valence-electron chi connectivity index (χ1n) is 8.64. The molecule has 2 atom stereocenters. The van der Waals surface area contributed by atoms with E-state index < -0.39 is 0 Å². The molecule has 142 valence electrons. The Balaban J connectivity index is 1.89. The van der Waals surface area contributed by atoms with Gasteiger partial charge in [-0.25, -0.2) is 14.6 Å². The molecule has 2 unspecified atom stereocenters. The maximum atomic E-state index is 11.6. The zero-order valence-electron chi connectivity index (χ0n) is 15.8. The molecule has 0 spiro atoms. The minimum absolute atomic E-state index is 0.0108. The van der Waals surface area contributed by atoms with Crippen LogP contribution in [0.5, 0.6) is 0 Å². The number of fused-ring (bicyclic) bond motifs is 1. The van der Waals surface area contributed by atoms with E-state index in [1.165, 1.54) is 23.7 Å². The summed E-state index contributed by atoms with van der Waals surface area (Å²) in [5.41, 5.74) is 1.80. The highest BCUT2D eigenvalue weighted by molar-refractivity contribution is 6.30. The molecule has 27 heavy (non-hydrogen) atoms. The summed E-state index contributed by atoms with van der Waals surface area (Å²) in [7, 11) is 3.35. The Bertz CT molecular complexity index is 941. The molecule has 0 aliphatic carbocycles. The van der Waals surface area contributed by atoms with Crippen LogP contribution in [-0.4, -0.2) is 45.9 Å². The van der Waals surface area contributed by atoms with Crippen molar-refractivity contribution in [3.63, 3.8) is 0 Å². The maximum Gasteiger partial charge on any atom is 0.327 e.